The number of carbonyl (C=O) groups excluding carboxylic acids is 1. The van der Waals surface area contributed by atoms with Gasteiger partial charge in [-0.2, -0.15) is 11.8 Å². The van der Waals surface area contributed by atoms with E-state index >= 15 is 0 Å². The molecule has 0 radical (unpaired) electrons. The summed E-state index contributed by atoms with van der Waals surface area (Å²) < 4.78 is 4.69. The Morgan fingerprint density at radius 1 is 1.67 bits per heavy atom. The van der Waals surface area contributed by atoms with Gasteiger partial charge in [-0.15, -0.1) is 0 Å². The topological polar surface area (TPSA) is 46.5 Å². The Balaban J connectivity index is 3.40. The predicted octanol–water partition coefficient (Wildman–Crippen LogP) is 1.05. The number of thioether (sulfide) groups is 1. The maximum Gasteiger partial charge on any atom is 0.308 e. The molecule has 0 aromatic heterocycles. The summed E-state index contributed by atoms with van der Waals surface area (Å²) in [4.78, 5) is 10.8. The highest BCUT2D eigenvalue weighted by atomic mass is 32.2. The molecule has 1 N–H and O–H groups in total. The summed E-state index contributed by atoms with van der Waals surface area (Å²) in [6.45, 7) is 2.14. The van der Waals surface area contributed by atoms with Gasteiger partial charge in [0.15, 0.2) is 0 Å². The molecule has 0 aromatic carbocycles. The van der Waals surface area contributed by atoms with Crippen LogP contribution in [0, 0.1) is 0 Å². The molecular weight excluding hydrogens is 176 g/mol. The highest BCUT2D eigenvalue weighted by molar-refractivity contribution is 7.98. The Hall–Kier alpha value is -0.220. The monoisotopic (exact) mass is 192 g/mol. The molecule has 1 unspecified atom stereocenters. The first-order valence-corrected chi connectivity index (χ1v) is 5.42. The van der Waals surface area contributed by atoms with Crippen molar-refractivity contribution in [2.24, 2.45) is 0 Å². The third-order valence-electron chi connectivity index (χ3n) is 1.36. The lowest BCUT2D eigenvalue weighted by Gasteiger charge is -2.08. The van der Waals surface area contributed by atoms with Gasteiger partial charge in [0.2, 0.25) is 0 Å². The van der Waals surface area contributed by atoms with Gasteiger partial charge in [0, 0.05) is 0 Å². The largest absolute Gasteiger partial charge is 0.466 e. The van der Waals surface area contributed by atoms with Crippen LogP contribution in [0.4, 0.5) is 0 Å². The smallest absolute Gasteiger partial charge is 0.308 e. The minimum Gasteiger partial charge on any atom is -0.466 e. The number of esters is 1. The molecule has 12 heavy (non-hydrogen) atoms. The average molecular weight is 192 g/mol. The van der Waals surface area contributed by atoms with E-state index in [1.54, 1.807) is 18.7 Å². The van der Waals surface area contributed by atoms with Crippen LogP contribution in [0.5, 0.6) is 0 Å². The van der Waals surface area contributed by atoms with E-state index in [1.165, 1.54) is 0 Å². The molecule has 0 aliphatic carbocycles. The normalized spacial score (nSPS) is 12.6. The molecule has 0 fully saturated rings. The number of hydrogen-bond acceptors (Lipinski definition) is 4. The number of carbonyl (C=O) groups is 1. The van der Waals surface area contributed by atoms with Gasteiger partial charge < -0.3 is 9.84 Å². The van der Waals surface area contributed by atoms with Crippen molar-refractivity contribution >= 4 is 17.7 Å². The van der Waals surface area contributed by atoms with Gasteiger partial charge in [0.05, 0.1) is 19.1 Å². The molecule has 0 spiro atoms. The standard InChI is InChI=1S/C8H16O3S/c1-3-11-8(10)6-7(9)4-5-12-2/h7,9H,3-6H2,1-2H3. The fraction of sp³-hybridized carbons (Fsp3) is 0.875. The number of aliphatic hydroxyl groups is 1. The van der Waals surface area contributed by atoms with E-state index in [0.29, 0.717) is 13.0 Å². The molecule has 0 heterocycles. The second-order valence-electron chi connectivity index (χ2n) is 2.44. The zero-order chi connectivity index (χ0) is 9.40. The summed E-state index contributed by atoms with van der Waals surface area (Å²) >= 11 is 1.66. The molecule has 0 aliphatic heterocycles. The first kappa shape index (κ1) is 11.8. The SMILES string of the molecule is CCOC(=O)CC(O)CCSC. The summed E-state index contributed by atoms with van der Waals surface area (Å²) in [6, 6.07) is 0. The van der Waals surface area contributed by atoms with Crippen LogP contribution in [0.1, 0.15) is 19.8 Å². The van der Waals surface area contributed by atoms with Crippen LogP contribution in [-0.2, 0) is 9.53 Å². The number of aliphatic hydroxyl groups excluding tert-OH is 1. The van der Waals surface area contributed by atoms with Crippen molar-refractivity contribution in [2.75, 3.05) is 18.6 Å². The Labute approximate surface area is 77.5 Å². The number of hydrogen-bond donors (Lipinski definition) is 1. The molecule has 0 aliphatic rings. The number of ether oxygens (including phenoxy) is 1. The van der Waals surface area contributed by atoms with Crippen molar-refractivity contribution in [1.82, 2.24) is 0 Å². The van der Waals surface area contributed by atoms with E-state index < -0.39 is 6.10 Å². The third-order valence-corrected chi connectivity index (χ3v) is 2.01. The molecule has 0 aromatic rings. The Morgan fingerprint density at radius 3 is 2.83 bits per heavy atom. The van der Waals surface area contributed by atoms with Gasteiger partial charge in [-0.05, 0) is 25.4 Å². The Kier molecular flexibility index (Phi) is 7.29. The van der Waals surface area contributed by atoms with E-state index in [-0.39, 0.29) is 12.4 Å². The highest BCUT2D eigenvalue weighted by Crippen LogP contribution is 2.04. The van der Waals surface area contributed by atoms with Crippen LogP contribution in [0.15, 0.2) is 0 Å². The van der Waals surface area contributed by atoms with Crippen LogP contribution in [0.2, 0.25) is 0 Å². The lowest BCUT2D eigenvalue weighted by Crippen LogP contribution is -2.16. The van der Waals surface area contributed by atoms with Crippen molar-refractivity contribution in [3.8, 4) is 0 Å². The molecule has 0 bridgehead atoms. The zero-order valence-electron chi connectivity index (χ0n) is 7.58. The van der Waals surface area contributed by atoms with Crippen molar-refractivity contribution in [3.05, 3.63) is 0 Å². The maximum atomic E-state index is 10.8. The van der Waals surface area contributed by atoms with Crippen LogP contribution in [0.25, 0.3) is 0 Å². The van der Waals surface area contributed by atoms with Crippen molar-refractivity contribution in [1.29, 1.82) is 0 Å². The minimum atomic E-state index is -0.545. The molecule has 3 nitrogen and oxygen atoms in total. The van der Waals surface area contributed by atoms with E-state index in [1.807, 2.05) is 6.26 Å². The van der Waals surface area contributed by atoms with Crippen molar-refractivity contribution in [2.45, 2.75) is 25.9 Å². The lowest BCUT2D eigenvalue weighted by atomic mass is 10.2. The number of rotatable bonds is 6. The maximum absolute atomic E-state index is 10.8. The summed E-state index contributed by atoms with van der Waals surface area (Å²) in [5.41, 5.74) is 0. The molecule has 0 saturated heterocycles. The second-order valence-corrected chi connectivity index (χ2v) is 3.43. The van der Waals surface area contributed by atoms with Gasteiger partial charge in [0.25, 0.3) is 0 Å². The molecule has 0 amide bonds. The third kappa shape index (κ3) is 6.49. The van der Waals surface area contributed by atoms with Crippen LogP contribution < -0.4 is 0 Å². The zero-order valence-corrected chi connectivity index (χ0v) is 8.39. The summed E-state index contributed by atoms with van der Waals surface area (Å²) in [7, 11) is 0. The second kappa shape index (κ2) is 7.43. The molecule has 0 saturated carbocycles. The van der Waals surface area contributed by atoms with E-state index in [4.69, 9.17) is 0 Å². The fourth-order valence-electron chi connectivity index (χ4n) is 0.768. The van der Waals surface area contributed by atoms with Gasteiger partial charge in [-0.3, -0.25) is 4.79 Å². The molecule has 72 valence electrons. The summed E-state index contributed by atoms with van der Waals surface area (Å²) in [6.07, 6.45) is 2.20. The van der Waals surface area contributed by atoms with Gasteiger partial charge in [-0.25, -0.2) is 0 Å². The van der Waals surface area contributed by atoms with Gasteiger partial charge in [0.1, 0.15) is 0 Å². The fourth-order valence-corrected chi connectivity index (χ4v) is 1.28. The van der Waals surface area contributed by atoms with Gasteiger partial charge >= 0.3 is 5.97 Å². The van der Waals surface area contributed by atoms with Crippen molar-refractivity contribution in [3.63, 3.8) is 0 Å². The minimum absolute atomic E-state index is 0.119. The van der Waals surface area contributed by atoms with Gasteiger partial charge in [-0.1, -0.05) is 0 Å². The van der Waals surface area contributed by atoms with Crippen LogP contribution in [-0.4, -0.2) is 35.8 Å². The Bertz CT molecular complexity index is 127. The first-order valence-electron chi connectivity index (χ1n) is 4.03. The Morgan fingerprint density at radius 2 is 2.33 bits per heavy atom. The first-order chi connectivity index (χ1) is 5.70. The summed E-state index contributed by atoms with van der Waals surface area (Å²) in [5.74, 6) is 0.562. The summed E-state index contributed by atoms with van der Waals surface area (Å²) in [5, 5.41) is 9.26. The van der Waals surface area contributed by atoms with Crippen LogP contribution >= 0.6 is 11.8 Å². The lowest BCUT2D eigenvalue weighted by molar-refractivity contribution is -0.145. The van der Waals surface area contributed by atoms with Crippen LogP contribution in [0.3, 0.4) is 0 Å². The molecule has 1 atom stereocenters. The average Bonchev–Trinajstić information content (AvgIpc) is 2.01. The molecule has 4 heteroatoms. The predicted molar refractivity (Wildman–Crippen MR) is 50.3 cm³/mol. The van der Waals surface area contributed by atoms with E-state index in [9.17, 15) is 9.90 Å². The molecular formula is C8H16O3S. The van der Waals surface area contributed by atoms with Crippen molar-refractivity contribution < 1.29 is 14.6 Å². The van der Waals surface area contributed by atoms with E-state index in [2.05, 4.69) is 4.74 Å². The van der Waals surface area contributed by atoms with E-state index in [0.717, 1.165) is 5.75 Å². The quantitative estimate of drug-likeness (QED) is 0.639. The highest BCUT2D eigenvalue weighted by Gasteiger charge is 2.10. The molecule has 0 rings (SSSR count).